The van der Waals surface area contributed by atoms with Gasteiger partial charge in [-0.3, -0.25) is 4.79 Å². The summed E-state index contributed by atoms with van der Waals surface area (Å²) in [5.41, 5.74) is 3.42. The van der Waals surface area contributed by atoms with Crippen LogP contribution in [0.25, 0.3) is 11.1 Å². The van der Waals surface area contributed by atoms with E-state index in [1.165, 1.54) is 5.56 Å². The zero-order chi connectivity index (χ0) is 20.1. The Morgan fingerprint density at radius 2 is 1.69 bits per heavy atom. The van der Waals surface area contributed by atoms with Crippen LogP contribution in [0.1, 0.15) is 25.3 Å². The molecule has 1 amide bonds. The third kappa shape index (κ3) is 4.80. The summed E-state index contributed by atoms with van der Waals surface area (Å²) < 4.78 is 16.9. The third-order valence-electron chi connectivity index (χ3n) is 5.33. The summed E-state index contributed by atoms with van der Waals surface area (Å²) in [7, 11) is 0. The molecule has 0 N–H and O–H groups in total. The summed E-state index contributed by atoms with van der Waals surface area (Å²) in [5.74, 6) is 0.734. The Morgan fingerprint density at radius 1 is 0.966 bits per heavy atom. The lowest BCUT2D eigenvalue weighted by molar-refractivity contribution is -0.135. The maximum atomic E-state index is 13.2. The van der Waals surface area contributed by atoms with Gasteiger partial charge in [-0.05, 0) is 36.5 Å². The van der Waals surface area contributed by atoms with Crippen LogP contribution in [0, 0.1) is 0 Å². The molecule has 1 atom stereocenters. The van der Waals surface area contributed by atoms with E-state index >= 15 is 0 Å². The van der Waals surface area contributed by atoms with Gasteiger partial charge in [-0.15, -0.1) is 0 Å². The van der Waals surface area contributed by atoms with Crippen molar-refractivity contribution in [3.05, 3.63) is 71.7 Å². The van der Waals surface area contributed by atoms with E-state index in [2.05, 4.69) is 36.4 Å². The predicted octanol–water partition coefficient (Wildman–Crippen LogP) is 4.14. The number of hydrogen-bond donors (Lipinski definition) is 0. The van der Waals surface area contributed by atoms with Crippen LogP contribution in [0.2, 0.25) is 0 Å². The van der Waals surface area contributed by atoms with Crippen LogP contribution in [0.3, 0.4) is 0 Å². The summed E-state index contributed by atoms with van der Waals surface area (Å²) in [5, 5.41) is 0. The van der Waals surface area contributed by atoms with Crippen molar-refractivity contribution in [3.63, 3.8) is 0 Å². The molecule has 0 aromatic heterocycles. The predicted molar refractivity (Wildman–Crippen MR) is 111 cm³/mol. The Hall–Kier alpha value is -2.79. The van der Waals surface area contributed by atoms with Gasteiger partial charge < -0.3 is 19.1 Å². The molecule has 29 heavy (non-hydrogen) atoms. The molecule has 2 aliphatic heterocycles. The van der Waals surface area contributed by atoms with Crippen molar-refractivity contribution in [1.29, 1.82) is 0 Å². The number of carbonyl (C=O) groups excluding carboxylic acids is 1. The first-order valence-electron chi connectivity index (χ1n) is 10.2. The topological polar surface area (TPSA) is 48.0 Å². The highest BCUT2D eigenvalue weighted by molar-refractivity contribution is 5.92. The first-order valence-corrected chi connectivity index (χ1v) is 10.2. The SMILES string of the molecule is CC1=C(C(=O)N(Cc2ccc(-c3ccccc3)cc2)CC2CCCO2)OCCO1. The Bertz CT molecular complexity index is 854. The van der Waals surface area contributed by atoms with Crippen LogP contribution in [-0.4, -0.2) is 43.3 Å². The number of carbonyl (C=O) groups is 1. The Kier molecular flexibility index (Phi) is 6.15. The van der Waals surface area contributed by atoms with E-state index in [-0.39, 0.29) is 12.0 Å². The maximum absolute atomic E-state index is 13.2. The molecule has 5 nitrogen and oxygen atoms in total. The van der Waals surface area contributed by atoms with E-state index in [4.69, 9.17) is 14.2 Å². The zero-order valence-corrected chi connectivity index (χ0v) is 16.8. The minimum absolute atomic E-state index is 0.0768. The monoisotopic (exact) mass is 393 g/mol. The smallest absolute Gasteiger partial charge is 0.292 e. The maximum Gasteiger partial charge on any atom is 0.292 e. The molecule has 2 heterocycles. The van der Waals surface area contributed by atoms with Crippen molar-refractivity contribution in [2.75, 3.05) is 26.4 Å². The molecule has 0 spiro atoms. The van der Waals surface area contributed by atoms with Gasteiger partial charge in [-0.1, -0.05) is 54.6 Å². The normalized spacial score (nSPS) is 18.9. The lowest BCUT2D eigenvalue weighted by Gasteiger charge is -2.28. The van der Waals surface area contributed by atoms with Crippen LogP contribution >= 0.6 is 0 Å². The van der Waals surface area contributed by atoms with E-state index in [0.29, 0.717) is 37.8 Å². The number of hydrogen-bond acceptors (Lipinski definition) is 4. The highest BCUT2D eigenvalue weighted by Crippen LogP contribution is 2.23. The fourth-order valence-corrected chi connectivity index (χ4v) is 3.77. The lowest BCUT2D eigenvalue weighted by atomic mass is 10.0. The minimum atomic E-state index is -0.134. The molecule has 2 aromatic carbocycles. The average Bonchev–Trinajstić information content (AvgIpc) is 3.27. The van der Waals surface area contributed by atoms with Crippen molar-refractivity contribution in [2.45, 2.75) is 32.4 Å². The first-order chi connectivity index (χ1) is 14.2. The standard InChI is InChI=1S/C24H27NO4/c1-18-23(29-15-14-27-18)24(26)25(17-22-8-5-13-28-22)16-19-9-11-21(12-10-19)20-6-3-2-4-7-20/h2-4,6-7,9-12,22H,5,8,13-17H2,1H3. The average molecular weight is 393 g/mol. The molecule has 5 heteroatoms. The molecular weight excluding hydrogens is 366 g/mol. The summed E-state index contributed by atoms with van der Waals surface area (Å²) in [6, 6.07) is 18.6. The largest absolute Gasteiger partial charge is 0.491 e. The van der Waals surface area contributed by atoms with Crippen LogP contribution < -0.4 is 0 Å². The molecule has 0 bridgehead atoms. The van der Waals surface area contributed by atoms with Gasteiger partial charge in [0.15, 0.2) is 0 Å². The van der Waals surface area contributed by atoms with Gasteiger partial charge in [0.25, 0.3) is 5.91 Å². The molecular formula is C24H27NO4. The van der Waals surface area contributed by atoms with Crippen LogP contribution in [0.4, 0.5) is 0 Å². The second-order valence-corrected chi connectivity index (χ2v) is 7.47. The van der Waals surface area contributed by atoms with E-state index in [0.717, 1.165) is 30.6 Å². The number of benzene rings is 2. The minimum Gasteiger partial charge on any atom is -0.491 e. The quantitative estimate of drug-likeness (QED) is 0.740. The highest BCUT2D eigenvalue weighted by Gasteiger charge is 2.28. The summed E-state index contributed by atoms with van der Waals surface area (Å²) in [6.07, 6.45) is 2.10. The number of ether oxygens (including phenoxy) is 3. The van der Waals surface area contributed by atoms with Gasteiger partial charge in [0.2, 0.25) is 5.76 Å². The Morgan fingerprint density at radius 3 is 2.38 bits per heavy atom. The third-order valence-corrected chi connectivity index (χ3v) is 5.33. The van der Waals surface area contributed by atoms with E-state index < -0.39 is 0 Å². The van der Waals surface area contributed by atoms with Gasteiger partial charge >= 0.3 is 0 Å². The van der Waals surface area contributed by atoms with Crippen molar-refractivity contribution in [3.8, 4) is 11.1 Å². The van der Waals surface area contributed by atoms with Gasteiger partial charge in [0.1, 0.15) is 19.0 Å². The molecule has 0 radical (unpaired) electrons. The molecule has 152 valence electrons. The molecule has 1 unspecified atom stereocenters. The van der Waals surface area contributed by atoms with E-state index in [1.54, 1.807) is 6.92 Å². The molecule has 4 rings (SSSR count). The van der Waals surface area contributed by atoms with Gasteiger partial charge in [0.05, 0.1) is 6.10 Å². The van der Waals surface area contributed by atoms with Crippen molar-refractivity contribution < 1.29 is 19.0 Å². The fraction of sp³-hybridized carbons (Fsp3) is 0.375. The number of rotatable bonds is 6. The lowest BCUT2D eigenvalue weighted by Crippen LogP contribution is -2.39. The van der Waals surface area contributed by atoms with Crippen molar-refractivity contribution in [1.82, 2.24) is 4.90 Å². The first kappa shape index (κ1) is 19.5. The molecule has 0 aliphatic carbocycles. The second kappa shape index (κ2) is 9.14. The number of nitrogens with zero attached hydrogens (tertiary/aromatic N) is 1. The van der Waals surface area contributed by atoms with Crippen LogP contribution in [0.5, 0.6) is 0 Å². The van der Waals surface area contributed by atoms with Crippen molar-refractivity contribution in [2.24, 2.45) is 0 Å². The molecule has 0 saturated carbocycles. The summed E-state index contributed by atoms with van der Waals surface area (Å²) in [4.78, 5) is 15.0. The van der Waals surface area contributed by atoms with Gasteiger partial charge in [-0.25, -0.2) is 0 Å². The molecule has 1 saturated heterocycles. The Labute approximate surface area is 171 Å². The number of amides is 1. The molecule has 2 aliphatic rings. The van der Waals surface area contributed by atoms with Crippen molar-refractivity contribution >= 4 is 5.91 Å². The summed E-state index contributed by atoms with van der Waals surface area (Å²) >= 11 is 0. The molecule has 1 fully saturated rings. The fourth-order valence-electron chi connectivity index (χ4n) is 3.77. The number of allylic oxidation sites excluding steroid dienone is 1. The van der Waals surface area contributed by atoms with Crippen LogP contribution in [0.15, 0.2) is 66.1 Å². The second-order valence-electron chi connectivity index (χ2n) is 7.47. The molecule has 2 aromatic rings. The zero-order valence-electron chi connectivity index (χ0n) is 16.8. The van der Waals surface area contributed by atoms with E-state index in [1.807, 2.05) is 23.1 Å². The highest BCUT2D eigenvalue weighted by atomic mass is 16.6. The van der Waals surface area contributed by atoms with Gasteiger partial charge in [-0.2, -0.15) is 0 Å². The summed E-state index contributed by atoms with van der Waals surface area (Å²) in [6.45, 7) is 4.49. The Balaban J connectivity index is 1.52. The van der Waals surface area contributed by atoms with Crippen LogP contribution in [-0.2, 0) is 25.5 Å². The van der Waals surface area contributed by atoms with Gasteiger partial charge in [0, 0.05) is 19.7 Å². The van der Waals surface area contributed by atoms with E-state index in [9.17, 15) is 4.79 Å².